The Labute approximate surface area is 70.7 Å². The number of nitrogens with zero attached hydrogens (tertiary/aromatic N) is 3. The van der Waals surface area contributed by atoms with Gasteiger partial charge in [0.1, 0.15) is 0 Å². The van der Waals surface area contributed by atoms with Gasteiger partial charge in [0.25, 0.3) is 0 Å². The average molecular weight is 162 g/mol. The van der Waals surface area contributed by atoms with E-state index in [0.717, 1.165) is 5.57 Å². The fourth-order valence-corrected chi connectivity index (χ4v) is 0.718. The second kappa shape index (κ2) is 4.23. The van der Waals surface area contributed by atoms with E-state index in [4.69, 9.17) is 0 Å². The summed E-state index contributed by atoms with van der Waals surface area (Å²) in [4.78, 5) is 0. The molecule has 12 heavy (non-hydrogen) atoms. The van der Waals surface area contributed by atoms with Gasteiger partial charge in [-0.25, -0.2) is 0 Å². The van der Waals surface area contributed by atoms with Gasteiger partial charge in [-0.1, -0.05) is 30.9 Å². The van der Waals surface area contributed by atoms with E-state index in [2.05, 4.69) is 27.2 Å². The summed E-state index contributed by atoms with van der Waals surface area (Å²) in [5.41, 5.74) is 0.849. The monoisotopic (exact) mass is 162 g/mol. The molecule has 0 fully saturated rings. The molecular weight excluding hydrogens is 152 g/mol. The Hall–Kier alpha value is -1.71. The topological polar surface area (TPSA) is 54.5 Å². The minimum Gasteiger partial charge on any atom is -0.177 e. The molecule has 4 nitrogen and oxygen atoms in total. The summed E-state index contributed by atoms with van der Waals surface area (Å²) in [5.74, 6) is 0.558. The number of rotatable bonds is 3. The Morgan fingerprint density at radius 2 is 2.42 bits per heavy atom. The molecule has 0 amide bonds. The van der Waals surface area contributed by atoms with Gasteiger partial charge in [-0.3, -0.25) is 0 Å². The number of hydrogen-bond donors (Lipinski definition) is 1. The quantitative estimate of drug-likeness (QED) is 0.682. The second-order valence-corrected chi connectivity index (χ2v) is 2.09. The molecule has 0 unspecified atom stereocenters. The number of hydrogen-bond acceptors (Lipinski definition) is 3. The highest BCUT2D eigenvalue weighted by Crippen LogP contribution is 2.07. The maximum atomic E-state index is 3.82. The largest absolute Gasteiger partial charge is 0.204 e. The van der Waals surface area contributed by atoms with Crippen LogP contribution in [0, 0.1) is 0 Å². The first kappa shape index (κ1) is 8.39. The van der Waals surface area contributed by atoms with Crippen LogP contribution in [-0.4, -0.2) is 20.6 Å². The first-order valence-corrected chi connectivity index (χ1v) is 3.57. The normalized spacial score (nSPS) is 12.2. The van der Waals surface area contributed by atoms with Crippen LogP contribution in [0.15, 0.2) is 30.9 Å². The van der Waals surface area contributed by atoms with Gasteiger partial charge >= 0.3 is 0 Å². The molecule has 1 heterocycles. The van der Waals surface area contributed by atoms with Gasteiger partial charge in [-0.15, -0.1) is 10.2 Å². The van der Waals surface area contributed by atoms with E-state index in [1.165, 1.54) is 0 Å². The van der Waals surface area contributed by atoms with Crippen LogP contribution >= 0.6 is 0 Å². The van der Waals surface area contributed by atoms with Crippen molar-refractivity contribution in [1.82, 2.24) is 20.6 Å². The molecule has 0 radical (unpaired) electrons. The van der Waals surface area contributed by atoms with Gasteiger partial charge in [0, 0.05) is 5.57 Å². The van der Waals surface area contributed by atoms with Crippen LogP contribution < -0.4 is 0 Å². The van der Waals surface area contributed by atoms with Crippen LogP contribution in [0.5, 0.6) is 0 Å². The molecule has 0 saturated heterocycles. The van der Waals surface area contributed by atoms with E-state index in [1.54, 1.807) is 6.08 Å². The summed E-state index contributed by atoms with van der Waals surface area (Å²) in [5, 5.41) is 13.5. The smallest absolute Gasteiger partial charge is 0.177 e. The lowest BCUT2D eigenvalue weighted by molar-refractivity contribution is 0.881. The molecule has 4 heteroatoms. The molecule has 0 aromatic carbocycles. The summed E-state index contributed by atoms with van der Waals surface area (Å²) in [6, 6.07) is 0. The van der Waals surface area contributed by atoms with Gasteiger partial charge in [-0.2, -0.15) is 5.21 Å². The van der Waals surface area contributed by atoms with Crippen molar-refractivity contribution in [3.8, 4) is 0 Å². The third-order valence-corrected chi connectivity index (χ3v) is 1.29. The predicted octanol–water partition coefficient (Wildman–Crippen LogP) is 1.35. The van der Waals surface area contributed by atoms with E-state index in [1.807, 2.05) is 25.2 Å². The lowest BCUT2D eigenvalue weighted by Gasteiger charge is -1.89. The van der Waals surface area contributed by atoms with Crippen LogP contribution in [0.1, 0.15) is 12.7 Å². The molecule has 0 atom stereocenters. The van der Waals surface area contributed by atoms with Crippen molar-refractivity contribution in [2.75, 3.05) is 0 Å². The van der Waals surface area contributed by atoms with Crippen LogP contribution in [0.4, 0.5) is 0 Å². The standard InChI is InChI=1S/C8H10N4/c1-3-5-6-7(4-2)8-9-11-12-10-8/h3-6H,2H2,1H3,(H,9,10,11,12)/b5-3-,7-6+. The van der Waals surface area contributed by atoms with E-state index in [0.29, 0.717) is 5.82 Å². The fraction of sp³-hybridized carbons (Fsp3) is 0.125. The van der Waals surface area contributed by atoms with Gasteiger partial charge in [0.05, 0.1) is 0 Å². The number of aromatic nitrogens is 4. The molecular formula is C8H10N4. The summed E-state index contributed by atoms with van der Waals surface area (Å²) in [6.07, 6.45) is 7.37. The zero-order valence-electron chi connectivity index (χ0n) is 6.86. The van der Waals surface area contributed by atoms with E-state index in [-0.39, 0.29) is 0 Å². The lowest BCUT2D eigenvalue weighted by Crippen LogP contribution is -1.83. The molecule has 1 rings (SSSR count). The van der Waals surface area contributed by atoms with Crippen molar-refractivity contribution >= 4 is 5.57 Å². The van der Waals surface area contributed by atoms with Crippen LogP contribution in [-0.2, 0) is 0 Å². The zero-order valence-corrected chi connectivity index (χ0v) is 6.86. The summed E-state index contributed by atoms with van der Waals surface area (Å²) < 4.78 is 0. The molecule has 0 bridgehead atoms. The molecule has 62 valence electrons. The zero-order chi connectivity index (χ0) is 8.81. The Balaban J connectivity index is 2.90. The SMILES string of the molecule is C=C/C(=C\C=C/C)c1nn[nH]n1. The Morgan fingerprint density at radius 3 is 2.92 bits per heavy atom. The van der Waals surface area contributed by atoms with Gasteiger partial charge < -0.3 is 0 Å². The van der Waals surface area contributed by atoms with Crippen LogP contribution in [0.2, 0.25) is 0 Å². The Kier molecular flexibility index (Phi) is 2.95. The van der Waals surface area contributed by atoms with E-state index < -0.39 is 0 Å². The molecule has 1 aromatic heterocycles. The highest BCUT2D eigenvalue weighted by atomic mass is 15.5. The van der Waals surface area contributed by atoms with Gasteiger partial charge in [0.2, 0.25) is 5.82 Å². The highest BCUT2D eigenvalue weighted by molar-refractivity contribution is 5.69. The average Bonchev–Trinajstić information content (AvgIpc) is 2.59. The van der Waals surface area contributed by atoms with Crippen LogP contribution in [0.3, 0.4) is 0 Å². The van der Waals surface area contributed by atoms with Crippen molar-refractivity contribution in [2.45, 2.75) is 6.92 Å². The molecule has 0 saturated carbocycles. The second-order valence-electron chi connectivity index (χ2n) is 2.09. The first-order chi connectivity index (χ1) is 5.88. The maximum absolute atomic E-state index is 3.82. The summed E-state index contributed by atoms with van der Waals surface area (Å²) in [6.45, 7) is 5.58. The Bertz CT molecular complexity index is 295. The van der Waals surface area contributed by atoms with E-state index in [9.17, 15) is 0 Å². The predicted molar refractivity (Wildman–Crippen MR) is 47.2 cm³/mol. The van der Waals surface area contributed by atoms with Crippen molar-refractivity contribution in [3.63, 3.8) is 0 Å². The fourth-order valence-electron chi connectivity index (χ4n) is 0.718. The third kappa shape index (κ3) is 1.88. The molecule has 1 N–H and O–H groups in total. The van der Waals surface area contributed by atoms with Crippen LogP contribution in [0.25, 0.3) is 5.57 Å². The van der Waals surface area contributed by atoms with Gasteiger partial charge in [0.15, 0.2) is 0 Å². The lowest BCUT2D eigenvalue weighted by atomic mass is 10.2. The Morgan fingerprint density at radius 1 is 1.58 bits per heavy atom. The van der Waals surface area contributed by atoms with Crippen molar-refractivity contribution in [3.05, 3.63) is 36.7 Å². The molecule has 1 aromatic rings. The van der Waals surface area contributed by atoms with E-state index >= 15 is 0 Å². The summed E-state index contributed by atoms with van der Waals surface area (Å²) >= 11 is 0. The van der Waals surface area contributed by atoms with Crippen molar-refractivity contribution in [1.29, 1.82) is 0 Å². The third-order valence-electron chi connectivity index (χ3n) is 1.29. The first-order valence-electron chi connectivity index (χ1n) is 3.57. The molecule has 0 spiro atoms. The maximum Gasteiger partial charge on any atom is 0.204 e. The van der Waals surface area contributed by atoms with Crippen molar-refractivity contribution in [2.24, 2.45) is 0 Å². The molecule has 0 aliphatic carbocycles. The van der Waals surface area contributed by atoms with Gasteiger partial charge in [-0.05, 0) is 12.1 Å². The molecule has 0 aliphatic rings. The minimum absolute atomic E-state index is 0.558. The number of nitrogens with one attached hydrogen (secondary N) is 1. The minimum atomic E-state index is 0.558. The number of tetrazole rings is 1. The highest BCUT2D eigenvalue weighted by Gasteiger charge is 1.99. The summed E-state index contributed by atoms with van der Waals surface area (Å²) in [7, 11) is 0. The number of H-pyrrole nitrogens is 1. The number of aromatic amines is 1. The molecule has 0 aliphatic heterocycles. The van der Waals surface area contributed by atoms with Crippen molar-refractivity contribution < 1.29 is 0 Å². The number of allylic oxidation sites excluding steroid dienone is 5.